The Balaban J connectivity index is 1.90. The number of ether oxygens (including phenoxy) is 1. The standard InChI is InChI=1S/C15H13Cl2NO3S/c1-9(21-14(19)4-10-2-3-22-8-10)15(20)18-13-6-11(16)5-12(17)7-13/h2-3,5-9H,4H2,1H3,(H,18,20). The Morgan fingerprint density at radius 1 is 1.27 bits per heavy atom. The summed E-state index contributed by atoms with van der Waals surface area (Å²) in [4.78, 5) is 23.7. The van der Waals surface area contributed by atoms with Crippen molar-refractivity contribution in [1.82, 2.24) is 0 Å². The number of carbonyl (C=O) groups is 2. The zero-order valence-corrected chi connectivity index (χ0v) is 14.0. The van der Waals surface area contributed by atoms with Crippen LogP contribution in [0, 0.1) is 0 Å². The van der Waals surface area contributed by atoms with Gasteiger partial charge in [-0.25, -0.2) is 0 Å². The average Bonchev–Trinajstić information content (AvgIpc) is 2.89. The summed E-state index contributed by atoms with van der Waals surface area (Å²) in [7, 11) is 0. The zero-order chi connectivity index (χ0) is 16.1. The smallest absolute Gasteiger partial charge is 0.311 e. The molecule has 116 valence electrons. The zero-order valence-electron chi connectivity index (χ0n) is 11.6. The predicted octanol–water partition coefficient (Wildman–Crippen LogP) is 4.17. The van der Waals surface area contributed by atoms with Crippen LogP contribution in [0.1, 0.15) is 12.5 Å². The highest BCUT2D eigenvalue weighted by atomic mass is 35.5. The second-order valence-corrected chi connectivity index (χ2v) is 6.24. The highest BCUT2D eigenvalue weighted by Gasteiger charge is 2.18. The molecule has 0 saturated heterocycles. The number of benzene rings is 1. The lowest BCUT2D eigenvalue weighted by Gasteiger charge is -2.13. The number of hydrogen-bond acceptors (Lipinski definition) is 4. The van der Waals surface area contributed by atoms with Crippen LogP contribution in [0.25, 0.3) is 0 Å². The van der Waals surface area contributed by atoms with Crippen LogP contribution in [0.2, 0.25) is 10.0 Å². The molecule has 1 unspecified atom stereocenters. The first-order chi connectivity index (χ1) is 10.4. The summed E-state index contributed by atoms with van der Waals surface area (Å²) in [5, 5.41) is 7.16. The molecule has 0 fully saturated rings. The molecular formula is C15H13Cl2NO3S. The van der Waals surface area contributed by atoms with Gasteiger partial charge >= 0.3 is 5.97 Å². The van der Waals surface area contributed by atoms with Crippen LogP contribution in [-0.2, 0) is 20.7 Å². The van der Waals surface area contributed by atoms with Gasteiger partial charge in [-0.3, -0.25) is 9.59 Å². The number of esters is 1. The third-order valence-corrected chi connectivity index (χ3v) is 3.90. The Kier molecular flexibility index (Phi) is 5.83. The first-order valence-corrected chi connectivity index (χ1v) is 8.11. The fourth-order valence-electron chi connectivity index (χ4n) is 1.72. The molecule has 0 radical (unpaired) electrons. The maximum atomic E-state index is 12.0. The van der Waals surface area contributed by atoms with Crippen LogP contribution in [0.5, 0.6) is 0 Å². The van der Waals surface area contributed by atoms with Crippen molar-refractivity contribution >= 4 is 52.1 Å². The van der Waals surface area contributed by atoms with Gasteiger partial charge in [0.1, 0.15) is 0 Å². The number of rotatable bonds is 5. The Bertz CT molecular complexity index is 653. The third kappa shape index (κ3) is 5.02. The highest BCUT2D eigenvalue weighted by Crippen LogP contribution is 2.22. The summed E-state index contributed by atoms with van der Waals surface area (Å²) in [6.07, 6.45) is -0.770. The van der Waals surface area contributed by atoms with Gasteiger partial charge in [-0.05, 0) is 47.5 Å². The van der Waals surface area contributed by atoms with Crippen LogP contribution in [-0.4, -0.2) is 18.0 Å². The van der Waals surface area contributed by atoms with Crippen molar-refractivity contribution in [2.45, 2.75) is 19.4 Å². The molecule has 0 aliphatic heterocycles. The van der Waals surface area contributed by atoms with E-state index in [4.69, 9.17) is 27.9 Å². The number of thiophene rings is 1. The Hall–Kier alpha value is -1.56. The van der Waals surface area contributed by atoms with Gasteiger partial charge in [0.05, 0.1) is 6.42 Å². The van der Waals surface area contributed by atoms with Gasteiger partial charge in [0, 0.05) is 15.7 Å². The largest absolute Gasteiger partial charge is 0.452 e. The minimum atomic E-state index is -0.913. The monoisotopic (exact) mass is 357 g/mol. The van der Waals surface area contributed by atoms with Crippen LogP contribution >= 0.6 is 34.5 Å². The van der Waals surface area contributed by atoms with Crippen LogP contribution in [0.4, 0.5) is 5.69 Å². The van der Waals surface area contributed by atoms with Crippen molar-refractivity contribution < 1.29 is 14.3 Å². The fourth-order valence-corrected chi connectivity index (χ4v) is 2.92. The van der Waals surface area contributed by atoms with Crippen LogP contribution in [0.3, 0.4) is 0 Å². The molecule has 1 heterocycles. The maximum Gasteiger partial charge on any atom is 0.311 e. The second kappa shape index (κ2) is 7.63. The third-order valence-electron chi connectivity index (χ3n) is 2.74. The summed E-state index contributed by atoms with van der Waals surface area (Å²) < 4.78 is 5.11. The van der Waals surface area contributed by atoms with E-state index in [1.54, 1.807) is 18.2 Å². The van der Waals surface area contributed by atoms with E-state index in [1.165, 1.54) is 18.3 Å². The predicted molar refractivity (Wildman–Crippen MR) is 88.7 cm³/mol. The van der Waals surface area contributed by atoms with Crippen molar-refractivity contribution in [2.75, 3.05) is 5.32 Å². The van der Waals surface area contributed by atoms with E-state index in [0.29, 0.717) is 15.7 Å². The number of amides is 1. The lowest BCUT2D eigenvalue weighted by Crippen LogP contribution is -2.30. The van der Waals surface area contributed by atoms with Crippen molar-refractivity contribution in [3.05, 3.63) is 50.6 Å². The molecule has 0 spiro atoms. The van der Waals surface area contributed by atoms with Crippen molar-refractivity contribution in [1.29, 1.82) is 0 Å². The molecule has 1 amide bonds. The van der Waals surface area contributed by atoms with E-state index >= 15 is 0 Å². The quantitative estimate of drug-likeness (QED) is 0.817. The summed E-state index contributed by atoms with van der Waals surface area (Å²) in [5.74, 6) is -0.901. The van der Waals surface area contributed by atoms with E-state index in [9.17, 15) is 9.59 Å². The molecule has 0 aliphatic rings. The van der Waals surface area contributed by atoms with Gasteiger partial charge < -0.3 is 10.1 Å². The van der Waals surface area contributed by atoms with E-state index in [2.05, 4.69) is 5.32 Å². The summed E-state index contributed by atoms with van der Waals surface area (Å²) >= 11 is 13.2. The van der Waals surface area contributed by atoms with Crippen molar-refractivity contribution in [3.63, 3.8) is 0 Å². The Labute approximate surface area is 142 Å². The number of hydrogen-bond donors (Lipinski definition) is 1. The molecule has 2 rings (SSSR count). The van der Waals surface area contributed by atoms with Gasteiger partial charge in [0.15, 0.2) is 6.10 Å². The normalized spacial score (nSPS) is 11.8. The maximum absolute atomic E-state index is 12.0. The summed E-state index contributed by atoms with van der Waals surface area (Å²) in [5.41, 5.74) is 1.31. The molecule has 4 nitrogen and oxygen atoms in total. The van der Waals surface area contributed by atoms with E-state index in [0.717, 1.165) is 5.56 Å². The van der Waals surface area contributed by atoms with Crippen LogP contribution in [0.15, 0.2) is 35.0 Å². The molecule has 0 bridgehead atoms. The van der Waals surface area contributed by atoms with Gasteiger partial charge in [-0.15, -0.1) is 0 Å². The molecule has 1 atom stereocenters. The summed E-state index contributed by atoms with van der Waals surface area (Å²) in [6.45, 7) is 1.51. The van der Waals surface area contributed by atoms with Crippen molar-refractivity contribution in [3.8, 4) is 0 Å². The summed E-state index contributed by atoms with van der Waals surface area (Å²) in [6, 6.07) is 6.52. The molecule has 1 N–H and O–H groups in total. The number of carbonyl (C=O) groups excluding carboxylic acids is 2. The minimum absolute atomic E-state index is 0.143. The lowest BCUT2D eigenvalue weighted by molar-refractivity contribution is -0.152. The number of halogens is 2. The minimum Gasteiger partial charge on any atom is -0.452 e. The topological polar surface area (TPSA) is 55.4 Å². The van der Waals surface area contributed by atoms with E-state index < -0.39 is 18.0 Å². The van der Waals surface area contributed by atoms with Gasteiger partial charge in [-0.1, -0.05) is 23.2 Å². The van der Waals surface area contributed by atoms with Crippen molar-refractivity contribution in [2.24, 2.45) is 0 Å². The highest BCUT2D eigenvalue weighted by molar-refractivity contribution is 7.08. The first kappa shape index (κ1) is 16.8. The van der Waals surface area contributed by atoms with Gasteiger partial charge in [0.25, 0.3) is 5.91 Å². The van der Waals surface area contributed by atoms with E-state index in [-0.39, 0.29) is 6.42 Å². The van der Waals surface area contributed by atoms with Gasteiger partial charge in [0.2, 0.25) is 0 Å². The molecule has 0 saturated carbocycles. The van der Waals surface area contributed by atoms with Gasteiger partial charge in [-0.2, -0.15) is 11.3 Å². The fraction of sp³-hybridized carbons (Fsp3) is 0.200. The Morgan fingerprint density at radius 2 is 1.95 bits per heavy atom. The average molecular weight is 358 g/mol. The molecular weight excluding hydrogens is 345 g/mol. The van der Waals surface area contributed by atoms with Crippen LogP contribution < -0.4 is 5.32 Å². The number of anilines is 1. The molecule has 22 heavy (non-hydrogen) atoms. The second-order valence-electron chi connectivity index (χ2n) is 4.59. The molecule has 1 aromatic heterocycles. The van der Waals surface area contributed by atoms with E-state index in [1.807, 2.05) is 16.8 Å². The Morgan fingerprint density at radius 3 is 2.55 bits per heavy atom. The number of nitrogens with one attached hydrogen (secondary N) is 1. The molecule has 2 aromatic rings. The SMILES string of the molecule is CC(OC(=O)Cc1ccsc1)C(=O)Nc1cc(Cl)cc(Cl)c1. The molecule has 7 heteroatoms. The lowest BCUT2D eigenvalue weighted by atomic mass is 10.2. The molecule has 0 aliphatic carbocycles. The molecule has 1 aromatic carbocycles. The first-order valence-electron chi connectivity index (χ1n) is 6.41.